The van der Waals surface area contributed by atoms with Crippen LogP contribution in [0.25, 0.3) is 0 Å². The zero-order chi connectivity index (χ0) is 17.3. The number of hydrogen-bond acceptors (Lipinski definition) is 2. The molecule has 4 aliphatic rings. The number of fused-ring (bicyclic) bond motifs is 5. The lowest BCUT2D eigenvalue weighted by Gasteiger charge is -2.57. The van der Waals surface area contributed by atoms with Gasteiger partial charge in [0, 0.05) is 12.3 Å². The van der Waals surface area contributed by atoms with E-state index in [1.54, 1.807) is 0 Å². The van der Waals surface area contributed by atoms with E-state index in [4.69, 9.17) is 0 Å². The van der Waals surface area contributed by atoms with Crippen molar-refractivity contribution in [2.24, 2.45) is 34.5 Å². The lowest BCUT2D eigenvalue weighted by molar-refractivity contribution is -0.144. The molecule has 0 spiro atoms. The molecule has 0 aromatic rings. The maximum Gasteiger partial charge on any atom is 0.137 e. The van der Waals surface area contributed by atoms with Gasteiger partial charge in [0.1, 0.15) is 5.78 Å². The quantitative estimate of drug-likeness (QED) is 0.710. The highest BCUT2D eigenvalue weighted by atomic mass is 16.3. The van der Waals surface area contributed by atoms with Crippen molar-refractivity contribution >= 4 is 5.78 Å². The molecule has 0 bridgehead atoms. The molecule has 0 saturated heterocycles. The molecule has 7 atom stereocenters. The molecule has 2 nitrogen and oxygen atoms in total. The Balaban J connectivity index is 1.73. The molecule has 132 valence electrons. The van der Waals surface area contributed by atoms with Crippen LogP contribution in [0.15, 0.2) is 23.8 Å². The monoisotopic (exact) mass is 328 g/mol. The van der Waals surface area contributed by atoms with Crippen LogP contribution in [-0.4, -0.2) is 17.0 Å². The second-order valence-corrected chi connectivity index (χ2v) is 9.65. The summed E-state index contributed by atoms with van der Waals surface area (Å²) in [4.78, 5) is 13.4. The predicted octanol–water partition coefficient (Wildman–Crippen LogP) is 4.68. The maximum atomic E-state index is 13.4. The summed E-state index contributed by atoms with van der Waals surface area (Å²) in [6, 6.07) is 0. The van der Waals surface area contributed by atoms with Crippen LogP contribution in [0.4, 0.5) is 0 Å². The third-order valence-corrected chi connectivity index (χ3v) is 8.36. The Morgan fingerprint density at radius 1 is 1.29 bits per heavy atom. The van der Waals surface area contributed by atoms with E-state index in [2.05, 4.69) is 33.4 Å². The molecule has 0 amide bonds. The summed E-state index contributed by atoms with van der Waals surface area (Å²) in [6.45, 7) is 11.1. The fraction of sp³-hybridized carbons (Fsp3) is 0.773. The summed E-state index contributed by atoms with van der Waals surface area (Å²) in [7, 11) is 0. The Hall–Kier alpha value is -0.890. The summed E-state index contributed by atoms with van der Waals surface area (Å²) in [5.41, 5.74) is 2.76. The summed E-state index contributed by atoms with van der Waals surface area (Å²) >= 11 is 0. The average Bonchev–Trinajstić information content (AvgIpc) is 2.84. The van der Waals surface area contributed by atoms with E-state index in [-0.39, 0.29) is 22.9 Å². The number of carbonyl (C=O) groups is 1. The lowest BCUT2D eigenvalue weighted by Crippen LogP contribution is -2.54. The van der Waals surface area contributed by atoms with Crippen LogP contribution in [0.1, 0.15) is 65.7 Å². The van der Waals surface area contributed by atoms with E-state index in [1.807, 2.05) is 0 Å². The summed E-state index contributed by atoms with van der Waals surface area (Å²) in [5.74, 6) is 2.36. The van der Waals surface area contributed by atoms with Gasteiger partial charge < -0.3 is 5.11 Å². The molecule has 2 heteroatoms. The number of rotatable bonds is 1. The van der Waals surface area contributed by atoms with Crippen molar-refractivity contribution in [3.63, 3.8) is 0 Å². The number of carbonyl (C=O) groups excluding carboxylic acids is 1. The minimum atomic E-state index is -0.205. The van der Waals surface area contributed by atoms with E-state index >= 15 is 0 Å². The molecular formula is C22H32O2. The van der Waals surface area contributed by atoms with Crippen LogP contribution in [-0.2, 0) is 4.79 Å². The number of aliphatic hydroxyl groups excluding tert-OH is 1. The second kappa shape index (κ2) is 5.30. The summed E-state index contributed by atoms with van der Waals surface area (Å²) < 4.78 is 0. The molecule has 0 heterocycles. The van der Waals surface area contributed by atoms with Crippen LogP contribution in [0.2, 0.25) is 0 Å². The molecule has 1 N–H and O–H groups in total. The first-order valence-corrected chi connectivity index (χ1v) is 9.83. The van der Waals surface area contributed by atoms with E-state index < -0.39 is 0 Å². The van der Waals surface area contributed by atoms with Crippen molar-refractivity contribution in [1.29, 1.82) is 0 Å². The molecule has 4 aliphatic carbocycles. The Morgan fingerprint density at radius 2 is 2.04 bits per heavy atom. The number of aliphatic hydroxyl groups is 1. The first-order valence-electron chi connectivity index (χ1n) is 9.83. The van der Waals surface area contributed by atoms with Crippen LogP contribution in [0.5, 0.6) is 0 Å². The topological polar surface area (TPSA) is 37.3 Å². The van der Waals surface area contributed by atoms with Crippen molar-refractivity contribution in [1.82, 2.24) is 0 Å². The average molecular weight is 328 g/mol. The fourth-order valence-electron chi connectivity index (χ4n) is 7.28. The highest BCUT2D eigenvalue weighted by molar-refractivity contribution is 5.85. The van der Waals surface area contributed by atoms with Crippen molar-refractivity contribution in [3.8, 4) is 0 Å². The van der Waals surface area contributed by atoms with Gasteiger partial charge in [-0.05, 0) is 74.0 Å². The van der Waals surface area contributed by atoms with Gasteiger partial charge in [0.2, 0.25) is 0 Å². The first-order chi connectivity index (χ1) is 11.3. The zero-order valence-electron chi connectivity index (χ0n) is 15.5. The molecule has 0 aromatic carbocycles. The van der Waals surface area contributed by atoms with Gasteiger partial charge in [-0.2, -0.15) is 0 Å². The van der Waals surface area contributed by atoms with Gasteiger partial charge in [0.05, 0.1) is 6.10 Å². The summed E-state index contributed by atoms with van der Waals surface area (Å²) in [6.07, 6.45) is 9.03. The number of hydrogen-bond donors (Lipinski definition) is 1. The van der Waals surface area contributed by atoms with Crippen LogP contribution in [0.3, 0.4) is 0 Å². The Bertz CT molecular complexity index is 617. The maximum absolute atomic E-state index is 13.4. The van der Waals surface area contributed by atoms with Gasteiger partial charge in [-0.15, -0.1) is 0 Å². The predicted molar refractivity (Wildman–Crippen MR) is 96.4 cm³/mol. The van der Waals surface area contributed by atoms with E-state index in [1.165, 1.54) is 24.0 Å². The minimum Gasteiger partial charge on any atom is -0.393 e. The van der Waals surface area contributed by atoms with Crippen LogP contribution < -0.4 is 0 Å². The molecule has 0 radical (unpaired) electrons. The smallest absolute Gasteiger partial charge is 0.137 e. The molecule has 3 fully saturated rings. The highest BCUT2D eigenvalue weighted by Gasteiger charge is 2.61. The molecule has 24 heavy (non-hydrogen) atoms. The van der Waals surface area contributed by atoms with Crippen molar-refractivity contribution in [3.05, 3.63) is 23.8 Å². The molecule has 3 saturated carbocycles. The van der Waals surface area contributed by atoms with Gasteiger partial charge in [0.25, 0.3) is 0 Å². The van der Waals surface area contributed by atoms with E-state index in [0.29, 0.717) is 23.5 Å². The number of Topliss-reactive ketones (excluding diaryl/α,β-unsaturated/α-hetero) is 1. The van der Waals surface area contributed by atoms with Gasteiger partial charge in [-0.25, -0.2) is 0 Å². The van der Waals surface area contributed by atoms with Crippen LogP contribution >= 0.6 is 0 Å². The van der Waals surface area contributed by atoms with Gasteiger partial charge in [-0.3, -0.25) is 4.79 Å². The normalized spacial score (nSPS) is 50.6. The first kappa shape index (κ1) is 16.6. The molecule has 4 rings (SSSR count). The third kappa shape index (κ3) is 2.08. The van der Waals surface area contributed by atoms with E-state index in [0.717, 1.165) is 32.1 Å². The fourth-order valence-corrected chi connectivity index (χ4v) is 7.28. The highest BCUT2D eigenvalue weighted by Crippen LogP contribution is 2.65. The second-order valence-electron chi connectivity index (χ2n) is 9.65. The molecule has 7 unspecified atom stereocenters. The Kier molecular flexibility index (Phi) is 3.66. The standard InChI is InChI=1S/C22H32O2/c1-13(2)17-7-8-18-16-6-5-14-11-15(23)9-10-21(14,3)20(16)19(24)12-22(17,18)4/h5,15-18,20,23H,1,6-12H2,2-4H3. The number of ketones is 1. The van der Waals surface area contributed by atoms with Gasteiger partial charge >= 0.3 is 0 Å². The van der Waals surface area contributed by atoms with Crippen molar-refractivity contribution < 1.29 is 9.90 Å². The van der Waals surface area contributed by atoms with Crippen LogP contribution in [0, 0.1) is 34.5 Å². The minimum absolute atomic E-state index is 0.00186. The van der Waals surface area contributed by atoms with E-state index in [9.17, 15) is 9.90 Å². The molecule has 0 aliphatic heterocycles. The molecular weight excluding hydrogens is 296 g/mol. The summed E-state index contributed by atoms with van der Waals surface area (Å²) in [5, 5.41) is 10.1. The van der Waals surface area contributed by atoms with Gasteiger partial charge in [-0.1, -0.05) is 37.6 Å². The van der Waals surface area contributed by atoms with Gasteiger partial charge in [0.15, 0.2) is 0 Å². The zero-order valence-corrected chi connectivity index (χ0v) is 15.5. The Morgan fingerprint density at radius 3 is 2.75 bits per heavy atom. The Labute approximate surface area is 146 Å². The van der Waals surface area contributed by atoms with Crippen molar-refractivity contribution in [2.45, 2.75) is 71.8 Å². The lowest BCUT2D eigenvalue weighted by atomic mass is 9.46. The third-order valence-electron chi connectivity index (χ3n) is 8.36. The molecule has 0 aromatic heterocycles. The van der Waals surface area contributed by atoms with Crippen molar-refractivity contribution in [2.75, 3.05) is 0 Å². The largest absolute Gasteiger partial charge is 0.393 e. The SMILES string of the molecule is C=C(C)C1CCC2C3CC=C4CC(O)CCC4(C)C3C(=O)CC12C. The number of allylic oxidation sites excluding steroid dienone is 2.